The van der Waals surface area contributed by atoms with E-state index in [1.54, 1.807) is 19.1 Å². The first-order valence-corrected chi connectivity index (χ1v) is 7.95. The molecule has 1 N–H and O–H groups in total. The lowest BCUT2D eigenvalue weighted by molar-refractivity contribution is -0.0899. The molecule has 1 heterocycles. The molecule has 2 aromatic rings. The fourth-order valence-corrected chi connectivity index (χ4v) is 2.98. The molecule has 0 radical (unpaired) electrons. The number of nitrogens with zero attached hydrogens (tertiary/aromatic N) is 1. The highest BCUT2D eigenvalue weighted by molar-refractivity contribution is 5.94. The minimum Gasteiger partial charge on any atom is -0.487 e. The second-order valence-electron chi connectivity index (χ2n) is 6.27. The zero-order valence-corrected chi connectivity index (χ0v) is 13.5. The van der Waals surface area contributed by atoms with Crippen molar-refractivity contribution in [3.8, 4) is 5.75 Å². The number of carbonyl (C=O) groups is 1. The van der Waals surface area contributed by atoms with E-state index in [2.05, 4.69) is 0 Å². The second kappa shape index (κ2) is 6.61. The molecular weight excluding hydrogens is 309 g/mol. The maximum absolute atomic E-state index is 13.8. The van der Waals surface area contributed by atoms with Gasteiger partial charge in [0.15, 0.2) is 0 Å². The normalized spacial score (nSPS) is 23.8. The van der Waals surface area contributed by atoms with Crippen molar-refractivity contribution < 1.29 is 19.0 Å². The van der Waals surface area contributed by atoms with E-state index in [-0.39, 0.29) is 12.1 Å². The Bertz CT molecular complexity index is 718. The highest BCUT2D eigenvalue weighted by Crippen LogP contribution is 2.27. The lowest BCUT2D eigenvalue weighted by atomic mass is 9.91. The van der Waals surface area contributed by atoms with Gasteiger partial charge in [-0.05, 0) is 31.2 Å². The van der Waals surface area contributed by atoms with Gasteiger partial charge < -0.3 is 14.7 Å². The predicted molar refractivity (Wildman–Crippen MR) is 88.4 cm³/mol. The molecule has 0 bridgehead atoms. The first-order valence-electron chi connectivity index (χ1n) is 7.95. The first kappa shape index (κ1) is 16.5. The van der Waals surface area contributed by atoms with E-state index < -0.39 is 23.4 Å². The molecule has 1 aliphatic rings. The highest BCUT2D eigenvalue weighted by Gasteiger charge is 2.41. The highest BCUT2D eigenvalue weighted by atomic mass is 19.1. The van der Waals surface area contributed by atoms with Crippen molar-refractivity contribution in [2.24, 2.45) is 0 Å². The van der Waals surface area contributed by atoms with Crippen LogP contribution in [-0.4, -0.2) is 40.7 Å². The molecule has 1 saturated heterocycles. The molecule has 0 unspecified atom stereocenters. The molecule has 3 rings (SSSR count). The number of aliphatic hydroxyl groups is 1. The van der Waals surface area contributed by atoms with Gasteiger partial charge in [0.25, 0.3) is 5.91 Å². The fourth-order valence-electron chi connectivity index (χ4n) is 2.98. The molecule has 1 amide bonds. The maximum atomic E-state index is 13.8. The molecule has 2 atom stereocenters. The second-order valence-corrected chi connectivity index (χ2v) is 6.27. The van der Waals surface area contributed by atoms with Gasteiger partial charge in [-0.1, -0.05) is 30.3 Å². The number of piperidine rings is 1. The fraction of sp³-hybridized carbons (Fsp3) is 0.316. The van der Waals surface area contributed by atoms with E-state index in [0.717, 1.165) is 0 Å². The standard InChI is InChI=1S/C19H20FNO3/c1-19(23)13-21(18(22)15-9-5-6-10-16(15)20)12-11-17(19)24-14-7-3-2-4-8-14/h2-10,17,23H,11-13H2,1H3/t17-,19-/m0/s1. The molecule has 126 valence electrons. The summed E-state index contributed by atoms with van der Waals surface area (Å²) in [7, 11) is 0. The van der Waals surface area contributed by atoms with Crippen LogP contribution in [0.1, 0.15) is 23.7 Å². The first-order chi connectivity index (χ1) is 11.5. The van der Waals surface area contributed by atoms with Gasteiger partial charge >= 0.3 is 0 Å². The van der Waals surface area contributed by atoms with Crippen LogP contribution in [0, 0.1) is 5.82 Å². The Labute approximate surface area is 140 Å². The molecule has 2 aromatic carbocycles. The number of halogens is 1. The molecule has 0 aromatic heterocycles. The zero-order chi connectivity index (χ0) is 17.2. The minimum absolute atomic E-state index is 0.0238. The molecular formula is C19H20FNO3. The SMILES string of the molecule is C[C@]1(O)CN(C(=O)c2ccccc2F)CC[C@@H]1Oc1ccccc1. The molecule has 0 spiro atoms. The summed E-state index contributed by atoms with van der Waals surface area (Å²) in [5.74, 6) is -0.284. The smallest absolute Gasteiger partial charge is 0.256 e. The van der Waals surface area contributed by atoms with Crippen LogP contribution in [0.2, 0.25) is 0 Å². The van der Waals surface area contributed by atoms with Crippen LogP contribution in [0.25, 0.3) is 0 Å². The van der Waals surface area contributed by atoms with Gasteiger partial charge in [0, 0.05) is 13.0 Å². The van der Waals surface area contributed by atoms with Crippen molar-refractivity contribution in [2.75, 3.05) is 13.1 Å². The van der Waals surface area contributed by atoms with Crippen LogP contribution < -0.4 is 4.74 Å². The quantitative estimate of drug-likeness (QED) is 0.942. The summed E-state index contributed by atoms with van der Waals surface area (Å²) in [5, 5.41) is 10.7. The molecule has 5 heteroatoms. The summed E-state index contributed by atoms with van der Waals surface area (Å²) in [6.07, 6.45) is 0.0480. The number of benzene rings is 2. The van der Waals surface area contributed by atoms with Crippen molar-refractivity contribution >= 4 is 5.91 Å². The van der Waals surface area contributed by atoms with Gasteiger partial charge in [-0.15, -0.1) is 0 Å². The maximum Gasteiger partial charge on any atom is 0.256 e. The lowest BCUT2D eigenvalue weighted by Gasteiger charge is -2.42. The Morgan fingerprint density at radius 2 is 1.88 bits per heavy atom. The van der Waals surface area contributed by atoms with Gasteiger partial charge in [-0.3, -0.25) is 4.79 Å². The minimum atomic E-state index is -1.21. The molecule has 1 fully saturated rings. The van der Waals surface area contributed by atoms with Crippen molar-refractivity contribution in [2.45, 2.75) is 25.0 Å². The Balaban J connectivity index is 1.71. The molecule has 4 nitrogen and oxygen atoms in total. The Morgan fingerprint density at radius 1 is 1.21 bits per heavy atom. The molecule has 0 aliphatic carbocycles. The van der Waals surface area contributed by atoms with Crippen LogP contribution in [0.3, 0.4) is 0 Å². The van der Waals surface area contributed by atoms with Gasteiger partial charge in [-0.2, -0.15) is 0 Å². The number of para-hydroxylation sites is 1. The van der Waals surface area contributed by atoms with Crippen LogP contribution in [0.5, 0.6) is 5.75 Å². The third-order valence-electron chi connectivity index (χ3n) is 4.28. The van der Waals surface area contributed by atoms with E-state index in [1.807, 2.05) is 30.3 Å². The molecule has 24 heavy (non-hydrogen) atoms. The average Bonchev–Trinajstić information content (AvgIpc) is 2.57. The van der Waals surface area contributed by atoms with Crippen LogP contribution in [0.4, 0.5) is 4.39 Å². The lowest BCUT2D eigenvalue weighted by Crippen LogP contribution is -2.58. The van der Waals surface area contributed by atoms with Gasteiger partial charge in [-0.25, -0.2) is 4.39 Å². The molecule has 1 aliphatic heterocycles. The Hall–Kier alpha value is -2.40. The van der Waals surface area contributed by atoms with Crippen molar-refractivity contribution in [3.05, 3.63) is 66.0 Å². The zero-order valence-electron chi connectivity index (χ0n) is 13.5. The van der Waals surface area contributed by atoms with Crippen molar-refractivity contribution in [3.63, 3.8) is 0 Å². The number of amides is 1. The van der Waals surface area contributed by atoms with Crippen LogP contribution in [-0.2, 0) is 0 Å². The summed E-state index contributed by atoms with van der Waals surface area (Å²) >= 11 is 0. The number of ether oxygens (including phenoxy) is 1. The summed E-state index contributed by atoms with van der Waals surface area (Å²) < 4.78 is 19.7. The number of β-amino-alcohol motifs (C(OH)–C–C–N with tert-alkyl or cyclic N) is 1. The van der Waals surface area contributed by atoms with Crippen molar-refractivity contribution in [1.29, 1.82) is 0 Å². The monoisotopic (exact) mass is 329 g/mol. The third-order valence-corrected chi connectivity index (χ3v) is 4.28. The Kier molecular flexibility index (Phi) is 4.53. The summed E-state index contributed by atoms with van der Waals surface area (Å²) in [5.41, 5.74) is -1.19. The van der Waals surface area contributed by atoms with Crippen LogP contribution >= 0.6 is 0 Å². The molecule has 0 saturated carbocycles. The third kappa shape index (κ3) is 3.41. The number of rotatable bonds is 3. The average molecular weight is 329 g/mol. The number of likely N-dealkylation sites (tertiary alicyclic amines) is 1. The Morgan fingerprint density at radius 3 is 2.54 bits per heavy atom. The van der Waals surface area contributed by atoms with E-state index in [1.165, 1.54) is 17.0 Å². The van der Waals surface area contributed by atoms with E-state index in [9.17, 15) is 14.3 Å². The van der Waals surface area contributed by atoms with E-state index in [4.69, 9.17) is 4.74 Å². The summed E-state index contributed by atoms with van der Waals surface area (Å²) in [6, 6.07) is 15.2. The van der Waals surface area contributed by atoms with E-state index >= 15 is 0 Å². The number of hydrogen-bond donors (Lipinski definition) is 1. The predicted octanol–water partition coefficient (Wildman–Crippen LogP) is 2.87. The van der Waals surface area contributed by atoms with Gasteiger partial charge in [0.2, 0.25) is 0 Å². The number of carbonyl (C=O) groups excluding carboxylic acids is 1. The van der Waals surface area contributed by atoms with Crippen LogP contribution in [0.15, 0.2) is 54.6 Å². The van der Waals surface area contributed by atoms with Crippen molar-refractivity contribution in [1.82, 2.24) is 4.90 Å². The summed E-state index contributed by atoms with van der Waals surface area (Å²) in [6.45, 7) is 2.14. The van der Waals surface area contributed by atoms with E-state index in [0.29, 0.717) is 18.7 Å². The largest absolute Gasteiger partial charge is 0.487 e. The topological polar surface area (TPSA) is 49.8 Å². The van der Waals surface area contributed by atoms with Gasteiger partial charge in [0.1, 0.15) is 23.3 Å². The number of hydrogen-bond acceptors (Lipinski definition) is 3. The summed E-state index contributed by atoms with van der Waals surface area (Å²) in [4.78, 5) is 14.0. The van der Waals surface area contributed by atoms with Gasteiger partial charge in [0.05, 0.1) is 12.1 Å².